The highest BCUT2D eigenvalue weighted by atomic mass is 32.2. The summed E-state index contributed by atoms with van der Waals surface area (Å²) >= 11 is 3.44. The molecule has 1 amide bonds. The number of aryl methyl sites for hydroxylation is 1. The Labute approximate surface area is 133 Å². The van der Waals surface area contributed by atoms with Crippen LogP contribution in [0.5, 0.6) is 0 Å². The van der Waals surface area contributed by atoms with Gasteiger partial charge in [0.15, 0.2) is 0 Å². The molecular weight excluding hydrogens is 306 g/mol. The molecular formula is C15H21NO3S2. The lowest BCUT2D eigenvalue weighted by Crippen LogP contribution is -2.42. The highest BCUT2D eigenvalue weighted by molar-refractivity contribution is 7.98. The second-order valence-corrected chi connectivity index (χ2v) is 7.78. The van der Waals surface area contributed by atoms with E-state index in [1.807, 2.05) is 31.7 Å². The largest absolute Gasteiger partial charge is 0.467 e. The van der Waals surface area contributed by atoms with E-state index < -0.39 is 6.04 Å². The first-order valence-electron chi connectivity index (χ1n) is 7.09. The fraction of sp³-hybridized carbons (Fsp3) is 0.600. The number of hydrogen-bond donors (Lipinski definition) is 1. The maximum absolute atomic E-state index is 12.4. The van der Waals surface area contributed by atoms with Gasteiger partial charge in [0.1, 0.15) is 6.04 Å². The standard InChI is InChI=1S/C15H21NO3S2/c1-9(2)6-11(15(18)19-3)16-14(17)13-7-10-8-20-5-4-12(10)21-13/h7,9,11H,4-6,8H2,1-3H3,(H,16,17). The molecule has 1 N–H and O–H groups in total. The van der Waals surface area contributed by atoms with E-state index in [9.17, 15) is 9.59 Å². The Bertz CT molecular complexity index is 501. The van der Waals surface area contributed by atoms with Crippen LogP contribution in [0.1, 0.15) is 40.4 Å². The number of thioether (sulfide) groups is 1. The number of ether oxygens (including phenoxy) is 1. The van der Waals surface area contributed by atoms with Gasteiger partial charge in [0, 0.05) is 10.6 Å². The van der Waals surface area contributed by atoms with Crippen molar-refractivity contribution < 1.29 is 14.3 Å². The summed E-state index contributed by atoms with van der Waals surface area (Å²) in [5, 5.41) is 2.81. The van der Waals surface area contributed by atoms with Crippen LogP contribution in [-0.2, 0) is 21.7 Å². The average Bonchev–Trinajstić information content (AvgIpc) is 2.89. The molecule has 1 aliphatic rings. The number of methoxy groups -OCH3 is 1. The van der Waals surface area contributed by atoms with Gasteiger partial charge in [-0.1, -0.05) is 13.8 Å². The first kappa shape index (κ1) is 16.4. The molecule has 2 rings (SSSR count). The van der Waals surface area contributed by atoms with Crippen LogP contribution >= 0.6 is 23.1 Å². The van der Waals surface area contributed by atoms with Gasteiger partial charge < -0.3 is 10.1 Å². The number of amides is 1. The van der Waals surface area contributed by atoms with Gasteiger partial charge in [-0.15, -0.1) is 11.3 Å². The van der Waals surface area contributed by atoms with Crippen LogP contribution < -0.4 is 5.32 Å². The molecule has 0 aliphatic carbocycles. The predicted octanol–water partition coefficient (Wildman–Crippen LogP) is 2.85. The van der Waals surface area contributed by atoms with E-state index in [0.717, 1.165) is 17.9 Å². The second-order valence-electron chi connectivity index (χ2n) is 5.54. The van der Waals surface area contributed by atoms with Gasteiger partial charge in [-0.3, -0.25) is 4.79 Å². The molecule has 0 bridgehead atoms. The summed E-state index contributed by atoms with van der Waals surface area (Å²) in [5.41, 5.74) is 1.26. The lowest BCUT2D eigenvalue weighted by atomic mass is 10.0. The minimum atomic E-state index is -0.573. The number of nitrogens with one attached hydrogen (secondary N) is 1. The summed E-state index contributed by atoms with van der Waals surface area (Å²) in [5.74, 6) is 1.85. The van der Waals surface area contributed by atoms with Crippen molar-refractivity contribution in [2.75, 3.05) is 12.9 Å². The molecule has 6 heteroatoms. The highest BCUT2D eigenvalue weighted by Gasteiger charge is 2.25. The van der Waals surface area contributed by atoms with E-state index in [-0.39, 0.29) is 11.9 Å². The zero-order valence-corrected chi connectivity index (χ0v) is 14.2. The molecule has 0 saturated carbocycles. The zero-order chi connectivity index (χ0) is 15.4. The molecule has 1 unspecified atom stereocenters. The number of carbonyl (C=O) groups is 2. The number of thiophene rings is 1. The van der Waals surface area contributed by atoms with Gasteiger partial charge in [0.05, 0.1) is 12.0 Å². The van der Waals surface area contributed by atoms with Crippen molar-refractivity contribution in [2.24, 2.45) is 5.92 Å². The van der Waals surface area contributed by atoms with Crippen molar-refractivity contribution in [1.82, 2.24) is 5.32 Å². The summed E-state index contributed by atoms with van der Waals surface area (Å²) in [7, 11) is 1.35. The molecule has 1 aromatic heterocycles. The minimum absolute atomic E-state index is 0.171. The molecule has 0 aromatic carbocycles. The van der Waals surface area contributed by atoms with Crippen molar-refractivity contribution in [3.05, 3.63) is 21.4 Å². The molecule has 0 saturated heterocycles. The van der Waals surface area contributed by atoms with Gasteiger partial charge in [-0.2, -0.15) is 11.8 Å². The number of fused-ring (bicyclic) bond motifs is 1. The SMILES string of the molecule is COC(=O)C(CC(C)C)NC(=O)c1cc2c(s1)CCSC2. The second kappa shape index (κ2) is 7.31. The van der Waals surface area contributed by atoms with E-state index in [2.05, 4.69) is 5.32 Å². The molecule has 21 heavy (non-hydrogen) atoms. The van der Waals surface area contributed by atoms with Crippen molar-refractivity contribution in [2.45, 2.75) is 38.5 Å². The normalized spacial score (nSPS) is 15.4. The molecule has 1 aromatic rings. The van der Waals surface area contributed by atoms with Gasteiger partial charge in [-0.05, 0) is 36.1 Å². The summed E-state index contributed by atoms with van der Waals surface area (Å²) < 4.78 is 4.78. The van der Waals surface area contributed by atoms with E-state index in [1.165, 1.54) is 17.6 Å². The van der Waals surface area contributed by atoms with Crippen LogP contribution in [0.2, 0.25) is 0 Å². The topological polar surface area (TPSA) is 55.4 Å². The third-order valence-corrected chi connectivity index (χ3v) is 5.59. The molecule has 1 atom stereocenters. The van der Waals surface area contributed by atoms with Crippen LogP contribution in [0.25, 0.3) is 0 Å². The zero-order valence-electron chi connectivity index (χ0n) is 12.6. The molecule has 0 spiro atoms. The monoisotopic (exact) mass is 327 g/mol. The van der Waals surface area contributed by atoms with Crippen LogP contribution in [0.4, 0.5) is 0 Å². The minimum Gasteiger partial charge on any atom is -0.467 e. The smallest absolute Gasteiger partial charge is 0.328 e. The highest BCUT2D eigenvalue weighted by Crippen LogP contribution is 2.31. The van der Waals surface area contributed by atoms with Crippen molar-refractivity contribution >= 4 is 35.0 Å². The summed E-state index contributed by atoms with van der Waals surface area (Å²) in [6.07, 6.45) is 1.61. The van der Waals surface area contributed by atoms with E-state index >= 15 is 0 Å². The third-order valence-electron chi connectivity index (χ3n) is 3.35. The Morgan fingerprint density at radius 3 is 2.81 bits per heavy atom. The number of rotatable bonds is 5. The Balaban J connectivity index is 2.07. The lowest BCUT2D eigenvalue weighted by molar-refractivity contribution is -0.143. The fourth-order valence-electron chi connectivity index (χ4n) is 2.32. The quantitative estimate of drug-likeness (QED) is 0.845. The van der Waals surface area contributed by atoms with Crippen LogP contribution in [0.3, 0.4) is 0 Å². The molecule has 1 aliphatic heterocycles. The van der Waals surface area contributed by atoms with Crippen molar-refractivity contribution in [1.29, 1.82) is 0 Å². The van der Waals surface area contributed by atoms with Gasteiger partial charge in [0.25, 0.3) is 5.91 Å². The number of hydrogen-bond acceptors (Lipinski definition) is 5. The summed E-state index contributed by atoms with van der Waals surface area (Å²) in [6, 6.07) is 1.39. The third kappa shape index (κ3) is 4.23. The Hall–Kier alpha value is -1.01. The Morgan fingerprint density at radius 1 is 1.43 bits per heavy atom. The molecule has 116 valence electrons. The van der Waals surface area contributed by atoms with Gasteiger partial charge >= 0.3 is 5.97 Å². The van der Waals surface area contributed by atoms with Crippen LogP contribution in [0, 0.1) is 5.92 Å². The maximum atomic E-state index is 12.4. The summed E-state index contributed by atoms with van der Waals surface area (Å²) in [4.78, 5) is 26.1. The van der Waals surface area contributed by atoms with Gasteiger partial charge in [0.2, 0.25) is 0 Å². The van der Waals surface area contributed by atoms with Crippen LogP contribution in [0.15, 0.2) is 6.07 Å². The lowest BCUT2D eigenvalue weighted by Gasteiger charge is -2.17. The molecule has 4 nitrogen and oxygen atoms in total. The Morgan fingerprint density at radius 2 is 2.19 bits per heavy atom. The number of esters is 1. The predicted molar refractivity (Wildman–Crippen MR) is 86.9 cm³/mol. The van der Waals surface area contributed by atoms with E-state index in [1.54, 1.807) is 11.3 Å². The summed E-state index contributed by atoms with van der Waals surface area (Å²) in [6.45, 7) is 4.03. The van der Waals surface area contributed by atoms with Crippen molar-refractivity contribution in [3.8, 4) is 0 Å². The van der Waals surface area contributed by atoms with Gasteiger partial charge in [-0.25, -0.2) is 4.79 Å². The first-order chi connectivity index (χ1) is 10.0. The average molecular weight is 327 g/mol. The van der Waals surface area contributed by atoms with E-state index in [4.69, 9.17) is 4.74 Å². The first-order valence-corrected chi connectivity index (χ1v) is 9.06. The molecule has 0 fully saturated rings. The molecule has 2 heterocycles. The molecule has 0 radical (unpaired) electrons. The van der Waals surface area contributed by atoms with E-state index in [0.29, 0.717) is 17.2 Å². The number of carbonyl (C=O) groups excluding carboxylic acids is 2. The Kier molecular flexibility index (Phi) is 5.70. The van der Waals surface area contributed by atoms with Crippen molar-refractivity contribution in [3.63, 3.8) is 0 Å². The maximum Gasteiger partial charge on any atom is 0.328 e. The fourth-order valence-corrected chi connectivity index (χ4v) is 4.59. The van der Waals surface area contributed by atoms with Crippen LogP contribution in [-0.4, -0.2) is 30.8 Å².